The van der Waals surface area contributed by atoms with Crippen LogP contribution < -0.4 is 4.90 Å². The summed E-state index contributed by atoms with van der Waals surface area (Å²) < 4.78 is 2.84. The Balaban J connectivity index is 2.24. The molecule has 1 saturated heterocycles. The number of H-pyrrole nitrogens is 1. The number of nitrogens with zero attached hydrogens (tertiary/aromatic N) is 3. The molecule has 1 aromatic rings. The van der Waals surface area contributed by atoms with Crippen molar-refractivity contribution in [2.24, 2.45) is 5.41 Å². The summed E-state index contributed by atoms with van der Waals surface area (Å²) in [4.78, 5) is 2.38. The number of aromatic nitrogens is 3. The molecule has 4 nitrogen and oxygen atoms in total. The molecule has 0 spiro atoms. The van der Waals surface area contributed by atoms with Crippen molar-refractivity contribution in [2.75, 3.05) is 18.0 Å². The molecule has 0 atom stereocenters. The molecule has 18 heavy (non-hydrogen) atoms. The monoisotopic (exact) mass is 268 g/mol. The fourth-order valence-corrected chi connectivity index (χ4v) is 2.95. The molecule has 5 heteroatoms. The van der Waals surface area contributed by atoms with E-state index in [0.717, 1.165) is 23.8 Å². The molecule has 2 rings (SSSR count). The van der Waals surface area contributed by atoms with Gasteiger partial charge in [0.15, 0.2) is 4.77 Å². The third kappa shape index (κ3) is 2.76. The zero-order valence-electron chi connectivity index (χ0n) is 11.9. The molecule has 0 unspecified atom stereocenters. The van der Waals surface area contributed by atoms with Gasteiger partial charge in [0.2, 0.25) is 5.95 Å². The van der Waals surface area contributed by atoms with Crippen LogP contribution in [0.5, 0.6) is 0 Å². The molecular weight excluding hydrogens is 244 g/mol. The Morgan fingerprint density at radius 3 is 2.67 bits per heavy atom. The first-order valence-electron chi connectivity index (χ1n) is 6.82. The molecule has 1 aliphatic rings. The maximum atomic E-state index is 5.32. The zero-order chi connectivity index (χ0) is 13.3. The van der Waals surface area contributed by atoms with Crippen LogP contribution in [0, 0.1) is 10.2 Å². The van der Waals surface area contributed by atoms with Gasteiger partial charge in [0.1, 0.15) is 0 Å². The standard InChI is InChI=1S/C13H24N4S/c1-10(2)17-11(14-15-12(17)18)16-8-5-6-13(3,4)7-9-16/h10H,5-9H2,1-4H3,(H,15,18). The van der Waals surface area contributed by atoms with E-state index in [1.54, 1.807) is 0 Å². The summed E-state index contributed by atoms with van der Waals surface area (Å²) in [5.41, 5.74) is 0.449. The van der Waals surface area contributed by atoms with E-state index in [1.807, 2.05) is 0 Å². The Kier molecular flexibility index (Phi) is 3.80. The Morgan fingerprint density at radius 1 is 1.28 bits per heavy atom. The molecule has 2 heterocycles. The van der Waals surface area contributed by atoms with E-state index in [0.29, 0.717) is 11.5 Å². The lowest BCUT2D eigenvalue weighted by atomic mass is 9.85. The maximum Gasteiger partial charge on any atom is 0.225 e. The molecule has 0 radical (unpaired) electrons. The van der Waals surface area contributed by atoms with E-state index in [2.05, 4.69) is 47.4 Å². The van der Waals surface area contributed by atoms with Gasteiger partial charge in [-0.25, -0.2) is 5.10 Å². The van der Waals surface area contributed by atoms with Gasteiger partial charge in [0.25, 0.3) is 0 Å². The lowest BCUT2D eigenvalue weighted by Crippen LogP contribution is -2.28. The van der Waals surface area contributed by atoms with Crippen molar-refractivity contribution >= 4 is 18.2 Å². The minimum atomic E-state index is 0.350. The SMILES string of the molecule is CC(C)n1c(N2CCCC(C)(C)CC2)n[nH]c1=S. The van der Waals surface area contributed by atoms with Crippen LogP contribution in [0.25, 0.3) is 0 Å². The molecule has 0 saturated carbocycles. The normalized spacial score (nSPS) is 20.2. The van der Waals surface area contributed by atoms with Crippen LogP contribution in [-0.2, 0) is 0 Å². The number of aromatic amines is 1. The molecule has 1 N–H and O–H groups in total. The number of hydrogen-bond acceptors (Lipinski definition) is 3. The minimum absolute atomic E-state index is 0.350. The van der Waals surface area contributed by atoms with E-state index in [4.69, 9.17) is 12.2 Å². The molecule has 0 amide bonds. The second-order valence-corrected chi connectivity index (χ2v) is 6.68. The molecular formula is C13H24N4S. The van der Waals surface area contributed by atoms with Crippen molar-refractivity contribution in [3.05, 3.63) is 4.77 Å². The highest BCUT2D eigenvalue weighted by Gasteiger charge is 2.25. The van der Waals surface area contributed by atoms with Gasteiger partial charge in [-0.15, -0.1) is 5.10 Å². The summed E-state index contributed by atoms with van der Waals surface area (Å²) in [5.74, 6) is 1.01. The van der Waals surface area contributed by atoms with E-state index < -0.39 is 0 Å². The number of hydrogen-bond donors (Lipinski definition) is 1. The predicted molar refractivity (Wildman–Crippen MR) is 77.6 cm³/mol. The van der Waals surface area contributed by atoms with Gasteiger partial charge < -0.3 is 4.90 Å². The number of anilines is 1. The van der Waals surface area contributed by atoms with Gasteiger partial charge in [-0.1, -0.05) is 13.8 Å². The van der Waals surface area contributed by atoms with Crippen LogP contribution in [0.4, 0.5) is 5.95 Å². The van der Waals surface area contributed by atoms with Crippen LogP contribution in [0.3, 0.4) is 0 Å². The fraction of sp³-hybridized carbons (Fsp3) is 0.846. The summed E-state index contributed by atoms with van der Waals surface area (Å²) in [6.07, 6.45) is 3.73. The van der Waals surface area contributed by atoms with Crippen molar-refractivity contribution in [3.8, 4) is 0 Å². The summed E-state index contributed by atoms with van der Waals surface area (Å²) in [6, 6.07) is 0.350. The molecule has 0 aromatic carbocycles. The van der Waals surface area contributed by atoms with Gasteiger partial charge in [-0.2, -0.15) is 0 Å². The van der Waals surface area contributed by atoms with Crippen LogP contribution in [-0.4, -0.2) is 27.9 Å². The Morgan fingerprint density at radius 2 is 2.00 bits per heavy atom. The first kappa shape index (κ1) is 13.6. The van der Waals surface area contributed by atoms with Crippen LogP contribution in [0.2, 0.25) is 0 Å². The van der Waals surface area contributed by atoms with Crippen molar-refractivity contribution in [1.82, 2.24) is 14.8 Å². The van der Waals surface area contributed by atoms with Gasteiger partial charge in [-0.05, 0) is 50.7 Å². The average Bonchev–Trinajstić information content (AvgIpc) is 2.55. The molecule has 1 fully saturated rings. The third-order valence-electron chi connectivity index (χ3n) is 3.83. The van der Waals surface area contributed by atoms with Gasteiger partial charge >= 0.3 is 0 Å². The van der Waals surface area contributed by atoms with E-state index in [9.17, 15) is 0 Å². The highest BCUT2D eigenvalue weighted by Crippen LogP contribution is 2.31. The predicted octanol–water partition coefficient (Wildman–Crippen LogP) is 3.54. The topological polar surface area (TPSA) is 36.9 Å². The Labute approximate surface area is 114 Å². The molecule has 0 aliphatic carbocycles. The van der Waals surface area contributed by atoms with Gasteiger partial charge in [0.05, 0.1) is 0 Å². The fourth-order valence-electron chi connectivity index (χ4n) is 2.61. The van der Waals surface area contributed by atoms with Crippen molar-refractivity contribution < 1.29 is 0 Å². The largest absolute Gasteiger partial charge is 0.341 e. The molecule has 1 aromatic heterocycles. The van der Waals surface area contributed by atoms with E-state index in [-0.39, 0.29) is 0 Å². The second-order valence-electron chi connectivity index (χ2n) is 6.30. The van der Waals surface area contributed by atoms with Gasteiger partial charge in [-0.3, -0.25) is 4.57 Å². The Bertz CT molecular complexity index is 458. The van der Waals surface area contributed by atoms with Gasteiger partial charge in [0, 0.05) is 19.1 Å². The minimum Gasteiger partial charge on any atom is -0.341 e. The molecule has 102 valence electrons. The smallest absolute Gasteiger partial charge is 0.225 e. The number of rotatable bonds is 2. The first-order chi connectivity index (χ1) is 8.41. The van der Waals surface area contributed by atoms with E-state index in [1.165, 1.54) is 19.3 Å². The lowest BCUT2D eigenvalue weighted by Gasteiger charge is -2.25. The molecule has 0 bridgehead atoms. The highest BCUT2D eigenvalue weighted by atomic mass is 32.1. The summed E-state index contributed by atoms with van der Waals surface area (Å²) >= 11 is 5.32. The first-order valence-corrected chi connectivity index (χ1v) is 7.23. The van der Waals surface area contributed by atoms with Crippen LogP contribution in [0.15, 0.2) is 0 Å². The van der Waals surface area contributed by atoms with Crippen LogP contribution in [0.1, 0.15) is 53.0 Å². The quantitative estimate of drug-likeness (QED) is 0.834. The van der Waals surface area contributed by atoms with E-state index >= 15 is 0 Å². The number of nitrogens with one attached hydrogen (secondary N) is 1. The van der Waals surface area contributed by atoms with Crippen molar-refractivity contribution in [3.63, 3.8) is 0 Å². The highest BCUT2D eigenvalue weighted by molar-refractivity contribution is 7.71. The van der Waals surface area contributed by atoms with Crippen LogP contribution >= 0.6 is 12.2 Å². The molecule has 1 aliphatic heterocycles. The van der Waals surface area contributed by atoms with Crippen molar-refractivity contribution in [1.29, 1.82) is 0 Å². The lowest BCUT2D eigenvalue weighted by molar-refractivity contribution is 0.325. The summed E-state index contributed by atoms with van der Waals surface area (Å²) in [5, 5.41) is 7.35. The van der Waals surface area contributed by atoms with Crippen molar-refractivity contribution in [2.45, 2.75) is 53.0 Å². The average molecular weight is 268 g/mol. The summed E-state index contributed by atoms with van der Waals surface area (Å²) in [6.45, 7) is 11.2. The Hall–Kier alpha value is -0.840. The second kappa shape index (κ2) is 5.03. The maximum absolute atomic E-state index is 5.32. The summed E-state index contributed by atoms with van der Waals surface area (Å²) in [7, 11) is 0. The zero-order valence-corrected chi connectivity index (χ0v) is 12.7. The third-order valence-corrected chi connectivity index (χ3v) is 4.11.